The molecule has 1 aromatic rings. The first-order valence-corrected chi connectivity index (χ1v) is 6.56. The fourth-order valence-electron chi connectivity index (χ4n) is 2.35. The molecular formula is C14H21NO3. The van der Waals surface area contributed by atoms with Gasteiger partial charge in [0, 0.05) is 0 Å². The molecule has 0 bridgehead atoms. The van der Waals surface area contributed by atoms with Gasteiger partial charge in [0.15, 0.2) is 11.5 Å². The Morgan fingerprint density at radius 3 is 2.50 bits per heavy atom. The molecule has 1 heterocycles. The molecule has 1 aliphatic rings. The Labute approximate surface area is 108 Å². The summed E-state index contributed by atoms with van der Waals surface area (Å²) in [5.41, 5.74) is 2.36. The number of rotatable bonds is 5. The van der Waals surface area contributed by atoms with E-state index in [1.165, 1.54) is 5.56 Å². The van der Waals surface area contributed by atoms with Crippen LogP contribution in [0.15, 0.2) is 12.1 Å². The summed E-state index contributed by atoms with van der Waals surface area (Å²) in [4.78, 5) is 0. The minimum absolute atomic E-state index is 0.00336. The van der Waals surface area contributed by atoms with Gasteiger partial charge in [-0.15, -0.1) is 0 Å². The van der Waals surface area contributed by atoms with E-state index in [9.17, 15) is 5.11 Å². The van der Waals surface area contributed by atoms with E-state index in [0.717, 1.165) is 30.0 Å². The molecule has 4 heteroatoms. The van der Waals surface area contributed by atoms with Crippen molar-refractivity contribution in [1.29, 1.82) is 0 Å². The summed E-state index contributed by atoms with van der Waals surface area (Å²) in [6.07, 6.45) is 0.957. The Morgan fingerprint density at radius 1 is 1.22 bits per heavy atom. The van der Waals surface area contributed by atoms with E-state index in [0.29, 0.717) is 13.2 Å². The van der Waals surface area contributed by atoms with E-state index in [-0.39, 0.29) is 12.6 Å². The van der Waals surface area contributed by atoms with Crippen LogP contribution in [0.2, 0.25) is 0 Å². The van der Waals surface area contributed by atoms with Crippen molar-refractivity contribution in [2.75, 3.05) is 26.4 Å². The Hall–Kier alpha value is -1.26. The molecule has 1 aliphatic heterocycles. The van der Waals surface area contributed by atoms with E-state index < -0.39 is 0 Å². The summed E-state index contributed by atoms with van der Waals surface area (Å²) in [6, 6.07) is 4.05. The zero-order chi connectivity index (χ0) is 13.0. The van der Waals surface area contributed by atoms with Gasteiger partial charge < -0.3 is 19.9 Å². The second kappa shape index (κ2) is 6.07. The first-order chi connectivity index (χ1) is 8.80. The zero-order valence-corrected chi connectivity index (χ0v) is 11.0. The van der Waals surface area contributed by atoms with E-state index >= 15 is 0 Å². The highest BCUT2D eigenvalue weighted by atomic mass is 16.5. The van der Waals surface area contributed by atoms with Crippen LogP contribution in [0.25, 0.3) is 0 Å². The summed E-state index contributed by atoms with van der Waals surface area (Å²) in [7, 11) is 0. The Balaban J connectivity index is 2.39. The number of ether oxygens (including phenoxy) is 2. The third-order valence-electron chi connectivity index (χ3n) is 3.15. The minimum Gasteiger partial charge on any atom is -0.490 e. The predicted octanol–water partition coefficient (Wildman–Crippen LogP) is 1.66. The van der Waals surface area contributed by atoms with Crippen molar-refractivity contribution in [3.63, 3.8) is 0 Å². The number of aliphatic hydroxyl groups excluding tert-OH is 1. The molecule has 1 aromatic carbocycles. The van der Waals surface area contributed by atoms with Crippen molar-refractivity contribution >= 4 is 0 Å². The van der Waals surface area contributed by atoms with E-state index in [2.05, 4.69) is 5.32 Å². The maximum absolute atomic E-state index is 9.40. The van der Waals surface area contributed by atoms with Gasteiger partial charge in [-0.3, -0.25) is 0 Å². The molecule has 4 nitrogen and oxygen atoms in total. The lowest BCUT2D eigenvalue weighted by atomic mass is 9.94. The number of benzene rings is 1. The van der Waals surface area contributed by atoms with E-state index in [1.807, 2.05) is 26.0 Å². The van der Waals surface area contributed by atoms with Crippen molar-refractivity contribution in [2.45, 2.75) is 26.3 Å². The molecule has 1 atom stereocenters. The molecule has 2 rings (SSSR count). The summed E-state index contributed by atoms with van der Waals surface area (Å²) < 4.78 is 11.2. The van der Waals surface area contributed by atoms with E-state index in [1.54, 1.807) is 0 Å². The average Bonchev–Trinajstić information content (AvgIpc) is 2.39. The lowest BCUT2D eigenvalue weighted by Gasteiger charge is -2.27. The molecule has 0 aliphatic carbocycles. The van der Waals surface area contributed by atoms with Crippen molar-refractivity contribution in [3.05, 3.63) is 23.3 Å². The molecule has 0 aromatic heterocycles. The van der Waals surface area contributed by atoms with Crippen LogP contribution >= 0.6 is 0 Å². The van der Waals surface area contributed by atoms with Crippen LogP contribution in [0.3, 0.4) is 0 Å². The molecule has 0 saturated carbocycles. The summed E-state index contributed by atoms with van der Waals surface area (Å²) in [5.74, 6) is 1.57. The van der Waals surface area contributed by atoms with Crippen LogP contribution in [0.5, 0.6) is 11.5 Å². The maximum atomic E-state index is 9.40. The van der Waals surface area contributed by atoms with Crippen LogP contribution in [-0.2, 0) is 6.42 Å². The van der Waals surface area contributed by atoms with Gasteiger partial charge in [0.25, 0.3) is 0 Å². The highest BCUT2D eigenvalue weighted by Crippen LogP contribution is 2.35. The predicted molar refractivity (Wildman–Crippen MR) is 70.3 cm³/mol. The van der Waals surface area contributed by atoms with Gasteiger partial charge in [0.05, 0.1) is 25.9 Å². The number of aliphatic hydroxyl groups is 1. The molecule has 0 saturated heterocycles. The molecular weight excluding hydrogens is 230 g/mol. The van der Waals surface area contributed by atoms with Crippen LogP contribution in [0.1, 0.15) is 31.0 Å². The summed E-state index contributed by atoms with van der Waals surface area (Å²) in [5, 5.41) is 12.7. The van der Waals surface area contributed by atoms with Crippen molar-refractivity contribution in [3.8, 4) is 11.5 Å². The first-order valence-electron chi connectivity index (χ1n) is 6.56. The Bertz CT molecular complexity index is 406. The molecule has 0 spiro atoms. The smallest absolute Gasteiger partial charge is 0.161 e. The maximum Gasteiger partial charge on any atom is 0.161 e. The lowest BCUT2D eigenvalue weighted by Crippen LogP contribution is -2.32. The van der Waals surface area contributed by atoms with Gasteiger partial charge in [-0.2, -0.15) is 0 Å². The van der Waals surface area contributed by atoms with Crippen LogP contribution in [-0.4, -0.2) is 31.5 Å². The lowest BCUT2D eigenvalue weighted by molar-refractivity contribution is 0.238. The van der Waals surface area contributed by atoms with Crippen molar-refractivity contribution in [2.24, 2.45) is 0 Å². The molecule has 0 radical (unpaired) electrons. The summed E-state index contributed by atoms with van der Waals surface area (Å²) in [6.45, 7) is 6.14. The largest absolute Gasteiger partial charge is 0.490 e. The van der Waals surface area contributed by atoms with Gasteiger partial charge in [-0.1, -0.05) is 0 Å². The van der Waals surface area contributed by atoms with Crippen LogP contribution in [0, 0.1) is 0 Å². The third-order valence-corrected chi connectivity index (χ3v) is 3.15. The minimum atomic E-state index is 0.00336. The standard InChI is InChI=1S/C14H21NO3/c1-3-17-13-7-10-5-6-15-12(9-16)11(10)8-14(13)18-4-2/h7-8,12,15-16H,3-6,9H2,1-2H3/t12-/m1/s1. The topological polar surface area (TPSA) is 50.7 Å². The van der Waals surface area contributed by atoms with E-state index in [4.69, 9.17) is 9.47 Å². The monoisotopic (exact) mass is 251 g/mol. The van der Waals surface area contributed by atoms with Gasteiger partial charge in [0.1, 0.15) is 0 Å². The highest BCUT2D eigenvalue weighted by molar-refractivity contribution is 5.49. The van der Waals surface area contributed by atoms with Gasteiger partial charge in [-0.05, 0) is 50.1 Å². The quantitative estimate of drug-likeness (QED) is 0.835. The van der Waals surface area contributed by atoms with Gasteiger partial charge in [0.2, 0.25) is 0 Å². The second-order valence-electron chi connectivity index (χ2n) is 4.30. The van der Waals surface area contributed by atoms with Crippen LogP contribution < -0.4 is 14.8 Å². The molecule has 2 N–H and O–H groups in total. The van der Waals surface area contributed by atoms with Crippen LogP contribution in [0.4, 0.5) is 0 Å². The highest BCUT2D eigenvalue weighted by Gasteiger charge is 2.22. The van der Waals surface area contributed by atoms with Gasteiger partial charge >= 0.3 is 0 Å². The fraction of sp³-hybridized carbons (Fsp3) is 0.571. The number of nitrogens with one attached hydrogen (secondary N) is 1. The molecule has 100 valence electrons. The average molecular weight is 251 g/mol. The molecule has 0 amide bonds. The SMILES string of the molecule is CCOc1cc2c(cc1OCC)[C@@H](CO)NCC2. The Morgan fingerprint density at radius 2 is 1.89 bits per heavy atom. The number of hydrogen-bond acceptors (Lipinski definition) is 4. The van der Waals surface area contributed by atoms with Crippen molar-refractivity contribution in [1.82, 2.24) is 5.32 Å². The van der Waals surface area contributed by atoms with Gasteiger partial charge in [-0.25, -0.2) is 0 Å². The molecule has 0 unspecified atom stereocenters. The second-order valence-corrected chi connectivity index (χ2v) is 4.30. The fourth-order valence-corrected chi connectivity index (χ4v) is 2.35. The molecule has 18 heavy (non-hydrogen) atoms. The Kier molecular flexibility index (Phi) is 4.44. The normalized spacial score (nSPS) is 18.3. The third kappa shape index (κ3) is 2.60. The zero-order valence-electron chi connectivity index (χ0n) is 11.0. The first kappa shape index (κ1) is 13.2. The van der Waals surface area contributed by atoms with Crippen molar-refractivity contribution < 1.29 is 14.6 Å². The number of fused-ring (bicyclic) bond motifs is 1. The molecule has 0 fully saturated rings. The summed E-state index contributed by atoms with van der Waals surface area (Å²) >= 11 is 0. The number of hydrogen-bond donors (Lipinski definition) is 2.